The normalized spacial score (nSPS) is 10.6. The maximum atomic E-state index is 12.4. The molecule has 0 atom stereocenters. The fourth-order valence-electron chi connectivity index (χ4n) is 2.36. The predicted octanol–water partition coefficient (Wildman–Crippen LogP) is 3.96. The summed E-state index contributed by atoms with van der Waals surface area (Å²) in [6.07, 6.45) is 1.38. The number of aliphatic imine (C=N–C) groups is 1. The summed E-state index contributed by atoms with van der Waals surface area (Å²) < 4.78 is 10.8. The molecule has 8 heteroatoms. The lowest BCUT2D eigenvalue weighted by Crippen LogP contribution is -2.34. The maximum absolute atomic E-state index is 12.4. The summed E-state index contributed by atoms with van der Waals surface area (Å²) in [4.78, 5) is 38.6. The van der Waals surface area contributed by atoms with E-state index in [4.69, 9.17) is 21.1 Å². The molecule has 7 nitrogen and oxygen atoms in total. The molecule has 0 spiro atoms. The lowest BCUT2D eigenvalue weighted by Gasteiger charge is -2.19. The van der Waals surface area contributed by atoms with Crippen LogP contribution in [-0.2, 0) is 20.9 Å². The number of carbonyl (C=O) groups excluding carboxylic acids is 3. The number of nitrogens with zero attached hydrogens (tertiary/aromatic N) is 1. The Morgan fingerprint density at radius 3 is 2.45 bits per heavy atom. The molecule has 0 unspecified atom stereocenters. The highest BCUT2D eigenvalue weighted by molar-refractivity contribution is 6.35. The second-order valence-electron chi connectivity index (χ2n) is 7.02. The second-order valence-corrected chi connectivity index (χ2v) is 7.40. The van der Waals surface area contributed by atoms with Crippen LogP contribution in [0.5, 0.6) is 5.75 Å². The Morgan fingerprint density at radius 2 is 1.83 bits per heavy atom. The molecule has 0 aliphatic carbocycles. The van der Waals surface area contributed by atoms with Gasteiger partial charge in [0.2, 0.25) is 6.08 Å². The quantitative estimate of drug-likeness (QED) is 0.419. The lowest BCUT2D eigenvalue weighted by atomic mass is 10.1. The van der Waals surface area contributed by atoms with Crippen molar-refractivity contribution in [3.05, 3.63) is 58.6 Å². The Morgan fingerprint density at radius 1 is 1.14 bits per heavy atom. The van der Waals surface area contributed by atoms with E-state index < -0.39 is 17.5 Å². The first-order chi connectivity index (χ1) is 13.7. The van der Waals surface area contributed by atoms with Crippen LogP contribution in [0.3, 0.4) is 0 Å². The average molecular weight is 417 g/mol. The van der Waals surface area contributed by atoms with Gasteiger partial charge in [-0.25, -0.2) is 4.79 Å². The van der Waals surface area contributed by atoms with E-state index in [1.807, 2.05) is 30.3 Å². The Hall–Kier alpha value is -3.15. The van der Waals surface area contributed by atoms with Crippen molar-refractivity contribution in [1.82, 2.24) is 5.32 Å². The van der Waals surface area contributed by atoms with Gasteiger partial charge in [-0.3, -0.25) is 9.59 Å². The lowest BCUT2D eigenvalue weighted by molar-refractivity contribution is -0.153. The van der Waals surface area contributed by atoms with E-state index in [1.54, 1.807) is 20.8 Å². The summed E-state index contributed by atoms with van der Waals surface area (Å²) in [6.45, 7) is 5.06. The number of carbonyl (C=O) groups is 2. The molecular weight excluding hydrogens is 396 g/mol. The van der Waals surface area contributed by atoms with Gasteiger partial charge in [0, 0.05) is 0 Å². The molecule has 2 aromatic rings. The topological polar surface area (TPSA) is 94.1 Å². The summed E-state index contributed by atoms with van der Waals surface area (Å²) in [7, 11) is 0. The molecule has 0 aliphatic heterocycles. The number of benzene rings is 2. The molecule has 0 bridgehead atoms. The van der Waals surface area contributed by atoms with Crippen LogP contribution in [0, 0.1) is 0 Å². The van der Waals surface area contributed by atoms with Gasteiger partial charge in [-0.05, 0) is 38.5 Å². The Bertz CT molecular complexity index is 932. The third-order valence-electron chi connectivity index (χ3n) is 3.53. The van der Waals surface area contributed by atoms with Crippen LogP contribution in [-0.4, -0.2) is 30.1 Å². The van der Waals surface area contributed by atoms with Gasteiger partial charge in [-0.15, -0.1) is 0 Å². The molecule has 0 aromatic heterocycles. The summed E-state index contributed by atoms with van der Waals surface area (Å²) in [6, 6.07) is 12.3. The molecule has 1 amide bonds. The molecule has 0 radical (unpaired) electrons. The van der Waals surface area contributed by atoms with Crippen molar-refractivity contribution in [2.75, 3.05) is 6.54 Å². The van der Waals surface area contributed by atoms with Crippen LogP contribution in [0.4, 0.5) is 5.69 Å². The fourth-order valence-corrected chi connectivity index (χ4v) is 2.62. The summed E-state index contributed by atoms with van der Waals surface area (Å²) in [5.74, 6) is -0.977. The molecule has 0 heterocycles. The van der Waals surface area contributed by atoms with Crippen molar-refractivity contribution in [1.29, 1.82) is 0 Å². The second kappa shape index (κ2) is 9.87. The SMILES string of the molecule is CC(C)(C)OC(=O)CNC(=O)c1ccc(OCc2ccccc2)c(Cl)c1N=C=O. The average Bonchev–Trinajstić information content (AvgIpc) is 2.66. The number of ether oxygens (including phenoxy) is 2. The zero-order chi connectivity index (χ0) is 21.4. The zero-order valence-corrected chi connectivity index (χ0v) is 17.1. The van der Waals surface area contributed by atoms with E-state index in [1.165, 1.54) is 18.2 Å². The number of halogens is 1. The highest BCUT2D eigenvalue weighted by atomic mass is 35.5. The van der Waals surface area contributed by atoms with E-state index in [9.17, 15) is 14.4 Å². The van der Waals surface area contributed by atoms with Crippen molar-refractivity contribution >= 4 is 35.2 Å². The Kier molecular flexibility index (Phi) is 7.53. The van der Waals surface area contributed by atoms with Crippen molar-refractivity contribution in [3.63, 3.8) is 0 Å². The van der Waals surface area contributed by atoms with Gasteiger partial charge < -0.3 is 14.8 Å². The molecule has 2 rings (SSSR count). The number of esters is 1. The summed E-state index contributed by atoms with van der Waals surface area (Å²) in [5, 5.41) is 2.42. The number of amides is 1. The van der Waals surface area contributed by atoms with Crippen molar-refractivity contribution in [2.24, 2.45) is 4.99 Å². The minimum Gasteiger partial charge on any atom is -0.487 e. The molecule has 0 aliphatic rings. The van der Waals surface area contributed by atoms with Crippen molar-refractivity contribution in [3.8, 4) is 5.75 Å². The van der Waals surface area contributed by atoms with E-state index in [0.29, 0.717) is 0 Å². The Labute approximate surface area is 173 Å². The first-order valence-electron chi connectivity index (χ1n) is 8.78. The van der Waals surface area contributed by atoms with Gasteiger partial charge >= 0.3 is 5.97 Å². The first kappa shape index (κ1) is 22.1. The first-order valence-corrected chi connectivity index (χ1v) is 9.16. The van der Waals surface area contributed by atoms with Crippen LogP contribution in [0.15, 0.2) is 47.5 Å². The molecule has 0 fully saturated rings. The molecule has 0 saturated carbocycles. The molecule has 29 heavy (non-hydrogen) atoms. The monoisotopic (exact) mass is 416 g/mol. The largest absolute Gasteiger partial charge is 0.487 e. The standard InChI is InChI=1S/C21H21ClN2O5/c1-21(2,3)29-17(26)11-23-20(27)15-9-10-16(18(22)19(15)24-13-25)28-12-14-7-5-4-6-8-14/h4-10H,11-12H2,1-3H3,(H,23,27). The van der Waals surface area contributed by atoms with Gasteiger partial charge in [0.15, 0.2) is 0 Å². The smallest absolute Gasteiger partial charge is 0.325 e. The third-order valence-corrected chi connectivity index (χ3v) is 3.90. The molecule has 1 N–H and O–H groups in total. The predicted molar refractivity (Wildman–Crippen MR) is 108 cm³/mol. The van der Waals surface area contributed by atoms with Crippen LogP contribution < -0.4 is 10.1 Å². The van der Waals surface area contributed by atoms with Crippen molar-refractivity contribution < 1.29 is 23.9 Å². The number of nitrogens with one attached hydrogen (secondary N) is 1. The maximum Gasteiger partial charge on any atom is 0.325 e. The molecular formula is C21H21ClN2O5. The van der Waals surface area contributed by atoms with Crippen LogP contribution in [0.2, 0.25) is 5.02 Å². The van der Waals surface area contributed by atoms with E-state index in [-0.39, 0.29) is 35.2 Å². The van der Waals surface area contributed by atoms with Crippen molar-refractivity contribution in [2.45, 2.75) is 33.0 Å². The minimum absolute atomic E-state index is 0.00537. The Balaban J connectivity index is 2.15. The van der Waals surface area contributed by atoms with Crippen LogP contribution in [0.25, 0.3) is 0 Å². The summed E-state index contributed by atoms with van der Waals surface area (Å²) in [5.41, 5.74) is 0.168. The highest BCUT2D eigenvalue weighted by Gasteiger charge is 2.21. The van der Waals surface area contributed by atoms with E-state index in [2.05, 4.69) is 10.3 Å². The number of rotatable bonds is 7. The minimum atomic E-state index is -0.671. The van der Waals surface area contributed by atoms with Crippen LogP contribution >= 0.6 is 11.6 Å². The van der Waals surface area contributed by atoms with Gasteiger partial charge in [-0.2, -0.15) is 4.99 Å². The van der Waals surface area contributed by atoms with Gasteiger partial charge in [-0.1, -0.05) is 41.9 Å². The van der Waals surface area contributed by atoms with Crippen LogP contribution in [0.1, 0.15) is 36.7 Å². The van der Waals surface area contributed by atoms with E-state index in [0.717, 1.165) is 5.56 Å². The van der Waals surface area contributed by atoms with Gasteiger partial charge in [0.1, 0.15) is 35.2 Å². The van der Waals surface area contributed by atoms with E-state index >= 15 is 0 Å². The van der Waals surface area contributed by atoms with Gasteiger partial charge in [0.05, 0.1) is 5.56 Å². The molecule has 2 aromatic carbocycles. The molecule has 152 valence electrons. The molecule has 0 saturated heterocycles. The number of isocyanates is 1. The van der Waals surface area contributed by atoms with Gasteiger partial charge in [0.25, 0.3) is 5.91 Å². The zero-order valence-electron chi connectivity index (χ0n) is 16.3. The number of hydrogen-bond donors (Lipinski definition) is 1. The number of hydrogen-bond acceptors (Lipinski definition) is 6. The summed E-state index contributed by atoms with van der Waals surface area (Å²) >= 11 is 6.28. The third kappa shape index (κ3) is 6.75. The fraction of sp³-hybridized carbons (Fsp3) is 0.286. The highest BCUT2D eigenvalue weighted by Crippen LogP contribution is 2.37.